The molecule has 0 spiro atoms. The molecule has 7 nitrogen and oxygen atoms in total. The highest BCUT2D eigenvalue weighted by Gasteiger charge is 2.35. The Bertz CT molecular complexity index is 1430. The van der Waals surface area contributed by atoms with E-state index in [9.17, 15) is 22.4 Å². The number of carbonyl (C=O) groups excluding carboxylic acids is 2. The number of hydrogen-bond acceptors (Lipinski definition) is 4. The Morgan fingerprint density at radius 1 is 1.03 bits per heavy atom. The van der Waals surface area contributed by atoms with Crippen LogP contribution in [0.1, 0.15) is 46.1 Å². The molecule has 0 fully saturated rings. The van der Waals surface area contributed by atoms with Crippen LogP contribution in [0.2, 0.25) is 0 Å². The van der Waals surface area contributed by atoms with Crippen molar-refractivity contribution < 1.29 is 22.4 Å². The van der Waals surface area contributed by atoms with Gasteiger partial charge in [0.2, 0.25) is 11.8 Å². The molecule has 9 heteroatoms. The third kappa shape index (κ3) is 5.61. The minimum absolute atomic E-state index is 0.0483. The fourth-order valence-electron chi connectivity index (χ4n) is 4.56. The number of amides is 2. The lowest BCUT2D eigenvalue weighted by atomic mass is 10.1. The summed E-state index contributed by atoms with van der Waals surface area (Å²) in [5.41, 5.74) is 0.826. The summed E-state index contributed by atoms with van der Waals surface area (Å²) < 4.78 is 41.2. The van der Waals surface area contributed by atoms with Crippen LogP contribution in [0.25, 0.3) is 10.8 Å². The highest BCUT2D eigenvalue weighted by atomic mass is 32.2. The molecule has 2 amide bonds. The second kappa shape index (κ2) is 10.1. The first-order chi connectivity index (χ1) is 17.4. The van der Waals surface area contributed by atoms with Gasteiger partial charge in [0, 0.05) is 30.4 Å². The molecule has 0 unspecified atom stereocenters. The Balaban J connectivity index is 1.50. The van der Waals surface area contributed by atoms with Crippen LogP contribution in [0.4, 0.5) is 10.1 Å². The second-order valence-electron chi connectivity index (χ2n) is 10.4. The molecule has 37 heavy (non-hydrogen) atoms. The van der Waals surface area contributed by atoms with E-state index < -0.39 is 21.6 Å². The molecule has 1 aliphatic rings. The molecular weight excluding hydrogens is 493 g/mol. The minimum atomic E-state index is -3.71. The predicted octanol–water partition coefficient (Wildman–Crippen LogP) is 4.60. The van der Waals surface area contributed by atoms with Crippen molar-refractivity contribution in [1.29, 1.82) is 0 Å². The van der Waals surface area contributed by atoms with Gasteiger partial charge in [-0.2, -0.15) is 0 Å². The summed E-state index contributed by atoms with van der Waals surface area (Å²) in [5.74, 6) is -0.969. The number of nitrogens with one attached hydrogen (secondary N) is 1. The van der Waals surface area contributed by atoms with Gasteiger partial charge in [-0.1, -0.05) is 36.4 Å². The van der Waals surface area contributed by atoms with Gasteiger partial charge >= 0.3 is 0 Å². The van der Waals surface area contributed by atoms with Crippen LogP contribution < -0.4 is 9.62 Å². The fourth-order valence-corrected chi connectivity index (χ4v) is 6.31. The molecule has 0 radical (unpaired) electrons. The fraction of sp³-hybridized carbons (Fsp3) is 0.357. The van der Waals surface area contributed by atoms with E-state index in [-0.39, 0.29) is 48.5 Å². The topological polar surface area (TPSA) is 86.8 Å². The highest BCUT2D eigenvalue weighted by molar-refractivity contribution is 7.93. The largest absolute Gasteiger partial charge is 0.350 e. The quantitative estimate of drug-likeness (QED) is 0.466. The molecule has 1 aliphatic heterocycles. The van der Waals surface area contributed by atoms with Crippen LogP contribution in [0.3, 0.4) is 0 Å². The van der Waals surface area contributed by atoms with Gasteiger partial charge in [-0.25, -0.2) is 12.8 Å². The van der Waals surface area contributed by atoms with Crippen molar-refractivity contribution in [3.63, 3.8) is 0 Å². The standard InChI is InChI=1S/C28H32FN3O4S/c1-19(27(34)30-28(2,3)4)31(18-20-13-15-22(29)16-14-20)25(33)12-7-17-32-23-10-5-8-21-9-6-11-24(26(21)23)37(32,35)36/h5-6,8-11,13-16,19H,7,12,17-18H2,1-4H3,(H,30,34)/t19-/m1/s1. The molecule has 1 atom stereocenters. The van der Waals surface area contributed by atoms with Gasteiger partial charge in [0.1, 0.15) is 11.9 Å². The summed E-state index contributed by atoms with van der Waals surface area (Å²) in [7, 11) is -3.71. The van der Waals surface area contributed by atoms with Gasteiger partial charge in [-0.05, 0) is 69.3 Å². The monoisotopic (exact) mass is 525 g/mol. The van der Waals surface area contributed by atoms with E-state index >= 15 is 0 Å². The molecule has 1 N–H and O–H groups in total. The molecule has 3 aromatic carbocycles. The summed E-state index contributed by atoms with van der Waals surface area (Å²) in [6, 6.07) is 15.7. The first-order valence-corrected chi connectivity index (χ1v) is 13.7. The zero-order valence-electron chi connectivity index (χ0n) is 21.5. The van der Waals surface area contributed by atoms with E-state index in [1.54, 1.807) is 37.3 Å². The Hall–Kier alpha value is -3.46. The van der Waals surface area contributed by atoms with Crippen molar-refractivity contribution in [2.75, 3.05) is 10.8 Å². The molecule has 3 aromatic rings. The minimum Gasteiger partial charge on any atom is -0.350 e. The Morgan fingerprint density at radius 3 is 2.32 bits per heavy atom. The van der Waals surface area contributed by atoms with Crippen molar-refractivity contribution >= 4 is 38.3 Å². The molecule has 0 bridgehead atoms. The SMILES string of the molecule is C[C@H](C(=O)NC(C)(C)C)N(Cc1ccc(F)cc1)C(=O)CCCN1c2cccc3cccc(c23)S1(=O)=O. The van der Waals surface area contributed by atoms with Crippen LogP contribution in [-0.2, 0) is 26.2 Å². The van der Waals surface area contributed by atoms with Crippen LogP contribution in [0.15, 0.2) is 65.6 Å². The van der Waals surface area contributed by atoms with E-state index in [0.29, 0.717) is 16.6 Å². The molecule has 0 aromatic heterocycles. The Labute approximate surface area is 217 Å². The number of benzene rings is 3. The van der Waals surface area contributed by atoms with E-state index in [2.05, 4.69) is 5.32 Å². The zero-order chi connectivity index (χ0) is 27.0. The summed E-state index contributed by atoms with van der Waals surface area (Å²) in [6.45, 7) is 7.50. The lowest BCUT2D eigenvalue weighted by molar-refractivity contribution is -0.141. The van der Waals surface area contributed by atoms with Crippen molar-refractivity contribution in [2.24, 2.45) is 0 Å². The number of rotatable bonds is 8. The average molecular weight is 526 g/mol. The van der Waals surface area contributed by atoms with E-state index in [1.165, 1.54) is 21.3 Å². The lowest BCUT2D eigenvalue weighted by Gasteiger charge is -2.31. The Morgan fingerprint density at radius 2 is 1.68 bits per heavy atom. The number of anilines is 1. The van der Waals surface area contributed by atoms with Crippen molar-refractivity contribution in [3.8, 4) is 0 Å². The van der Waals surface area contributed by atoms with Crippen LogP contribution in [-0.4, -0.2) is 43.3 Å². The first-order valence-electron chi connectivity index (χ1n) is 12.3. The van der Waals surface area contributed by atoms with Crippen molar-refractivity contribution in [3.05, 3.63) is 72.0 Å². The third-order valence-electron chi connectivity index (χ3n) is 6.36. The van der Waals surface area contributed by atoms with E-state index in [0.717, 1.165) is 5.39 Å². The van der Waals surface area contributed by atoms with Crippen molar-refractivity contribution in [2.45, 2.75) is 63.6 Å². The van der Waals surface area contributed by atoms with Crippen LogP contribution >= 0.6 is 0 Å². The lowest BCUT2D eigenvalue weighted by Crippen LogP contribution is -2.52. The average Bonchev–Trinajstić information content (AvgIpc) is 3.05. The van der Waals surface area contributed by atoms with Crippen molar-refractivity contribution in [1.82, 2.24) is 10.2 Å². The Kier molecular flexibility index (Phi) is 7.28. The summed E-state index contributed by atoms with van der Waals surface area (Å²) in [5, 5.41) is 4.45. The molecule has 1 heterocycles. The maximum atomic E-state index is 13.4. The first kappa shape index (κ1) is 26.6. The summed E-state index contributed by atoms with van der Waals surface area (Å²) in [4.78, 5) is 28.0. The number of sulfonamides is 1. The molecule has 0 aliphatic carbocycles. The smallest absolute Gasteiger partial charge is 0.265 e. The predicted molar refractivity (Wildman–Crippen MR) is 142 cm³/mol. The van der Waals surface area contributed by atoms with Crippen LogP contribution in [0, 0.1) is 5.82 Å². The van der Waals surface area contributed by atoms with Gasteiger partial charge in [-0.15, -0.1) is 0 Å². The molecular formula is C28H32FN3O4S. The van der Waals surface area contributed by atoms with Gasteiger partial charge in [0.25, 0.3) is 10.0 Å². The molecule has 4 rings (SSSR count). The molecule has 0 saturated carbocycles. The summed E-state index contributed by atoms with van der Waals surface area (Å²) in [6.07, 6.45) is 0.322. The third-order valence-corrected chi connectivity index (χ3v) is 8.22. The van der Waals surface area contributed by atoms with Gasteiger partial charge < -0.3 is 10.2 Å². The maximum absolute atomic E-state index is 13.4. The van der Waals surface area contributed by atoms with Gasteiger partial charge in [0.05, 0.1) is 10.6 Å². The van der Waals surface area contributed by atoms with Gasteiger partial charge in [-0.3, -0.25) is 13.9 Å². The highest BCUT2D eigenvalue weighted by Crippen LogP contribution is 2.42. The maximum Gasteiger partial charge on any atom is 0.265 e. The normalized spacial score (nSPS) is 15.0. The number of halogens is 1. The number of hydrogen-bond donors (Lipinski definition) is 1. The second-order valence-corrected chi connectivity index (χ2v) is 12.2. The van der Waals surface area contributed by atoms with Gasteiger partial charge in [0.15, 0.2) is 0 Å². The van der Waals surface area contributed by atoms with E-state index in [4.69, 9.17) is 0 Å². The zero-order valence-corrected chi connectivity index (χ0v) is 22.3. The number of nitrogens with zero attached hydrogens (tertiary/aromatic N) is 2. The molecule has 196 valence electrons. The molecule has 0 saturated heterocycles. The summed E-state index contributed by atoms with van der Waals surface area (Å²) >= 11 is 0. The van der Waals surface area contributed by atoms with E-state index in [1.807, 2.05) is 39.0 Å². The number of carbonyl (C=O) groups is 2. The van der Waals surface area contributed by atoms with Crippen LogP contribution in [0.5, 0.6) is 0 Å².